The van der Waals surface area contributed by atoms with Gasteiger partial charge in [-0.3, -0.25) is 19.4 Å². The Labute approximate surface area is 192 Å². The van der Waals surface area contributed by atoms with E-state index in [1.165, 1.54) is 0 Å². The fraction of sp³-hybridized carbons (Fsp3) is 0.545. The van der Waals surface area contributed by atoms with Crippen LogP contribution in [0.3, 0.4) is 0 Å². The molecular formula is C22H30ClN5O4. The van der Waals surface area contributed by atoms with E-state index in [0.717, 1.165) is 24.6 Å². The highest BCUT2D eigenvalue weighted by Gasteiger charge is 2.28. The van der Waals surface area contributed by atoms with Gasteiger partial charge in [0.05, 0.1) is 13.0 Å². The Kier molecular flexibility index (Phi) is 8.72. The maximum atomic E-state index is 13.0. The van der Waals surface area contributed by atoms with Gasteiger partial charge in [0, 0.05) is 56.0 Å². The van der Waals surface area contributed by atoms with Crippen LogP contribution in [0.4, 0.5) is 0 Å². The van der Waals surface area contributed by atoms with Gasteiger partial charge in [-0.2, -0.15) is 0 Å². The SMILES string of the molecule is O=C(O)CCNC(=O)C1CCN(C(=O)CC(CNC2=NCCN2)c2ccc(Cl)cc2)CC1. The van der Waals surface area contributed by atoms with Crippen LogP contribution in [0.5, 0.6) is 0 Å². The number of nitrogens with one attached hydrogen (secondary N) is 3. The van der Waals surface area contributed by atoms with Gasteiger partial charge >= 0.3 is 5.97 Å². The number of aliphatic carboxylic acids is 1. The molecule has 3 rings (SSSR count). The van der Waals surface area contributed by atoms with Gasteiger partial charge in [0.2, 0.25) is 11.8 Å². The molecule has 10 heteroatoms. The number of halogens is 1. The van der Waals surface area contributed by atoms with Crippen LogP contribution in [-0.2, 0) is 14.4 Å². The molecule has 0 saturated carbocycles. The number of carbonyl (C=O) groups is 3. The molecule has 0 radical (unpaired) electrons. The van der Waals surface area contributed by atoms with Crippen molar-refractivity contribution in [3.63, 3.8) is 0 Å². The maximum absolute atomic E-state index is 13.0. The molecule has 0 spiro atoms. The van der Waals surface area contributed by atoms with Gasteiger partial charge in [-0.25, -0.2) is 0 Å². The lowest BCUT2D eigenvalue weighted by Gasteiger charge is -2.32. The van der Waals surface area contributed by atoms with Crippen molar-refractivity contribution in [1.29, 1.82) is 0 Å². The lowest BCUT2D eigenvalue weighted by Crippen LogP contribution is -2.44. The third kappa shape index (κ3) is 7.12. The van der Waals surface area contributed by atoms with Crippen LogP contribution in [0.15, 0.2) is 29.3 Å². The number of carboxylic acids is 1. The first kappa shape index (κ1) is 23.8. The topological polar surface area (TPSA) is 123 Å². The lowest BCUT2D eigenvalue weighted by atomic mass is 9.92. The average Bonchev–Trinajstić information content (AvgIpc) is 3.30. The molecule has 1 aromatic rings. The Morgan fingerprint density at radius 1 is 1.22 bits per heavy atom. The van der Waals surface area contributed by atoms with Gasteiger partial charge < -0.3 is 26.0 Å². The number of hydrogen-bond donors (Lipinski definition) is 4. The van der Waals surface area contributed by atoms with Crippen molar-refractivity contribution < 1.29 is 19.5 Å². The molecule has 2 amide bonds. The Balaban J connectivity index is 1.52. The molecule has 0 aliphatic carbocycles. The number of guanidine groups is 1. The van der Waals surface area contributed by atoms with Crippen molar-refractivity contribution in [1.82, 2.24) is 20.9 Å². The first-order valence-electron chi connectivity index (χ1n) is 11.0. The number of piperidine rings is 1. The predicted molar refractivity (Wildman–Crippen MR) is 122 cm³/mol. The summed E-state index contributed by atoms with van der Waals surface area (Å²) in [5.41, 5.74) is 1.03. The van der Waals surface area contributed by atoms with Crippen LogP contribution < -0.4 is 16.0 Å². The van der Waals surface area contributed by atoms with Crippen LogP contribution in [0.25, 0.3) is 0 Å². The molecule has 1 saturated heterocycles. The molecule has 9 nitrogen and oxygen atoms in total. The minimum absolute atomic E-state index is 0.0399. The monoisotopic (exact) mass is 463 g/mol. The molecule has 2 aliphatic heterocycles. The summed E-state index contributed by atoms with van der Waals surface area (Å²) in [6.45, 7) is 3.29. The van der Waals surface area contributed by atoms with E-state index in [4.69, 9.17) is 16.7 Å². The highest BCUT2D eigenvalue weighted by Crippen LogP contribution is 2.24. The summed E-state index contributed by atoms with van der Waals surface area (Å²) >= 11 is 6.03. The van der Waals surface area contributed by atoms with Crippen molar-refractivity contribution in [3.05, 3.63) is 34.9 Å². The predicted octanol–water partition coefficient (Wildman–Crippen LogP) is 1.19. The molecule has 174 valence electrons. The van der Waals surface area contributed by atoms with E-state index in [9.17, 15) is 14.4 Å². The number of aliphatic imine (C=N–C) groups is 1. The zero-order chi connectivity index (χ0) is 22.9. The van der Waals surface area contributed by atoms with E-state index in [1.807, 2.05) is 29.2 Å². The number of likely N-dealkylation sites (tertiary alicyclic amines) is 1. The number of carboxylic acid groups (broad SMARTS) is 1. The minimum atomic E-state index is -0.939. The third-order valence-electron chi connectivity index (χ3n) is 5.81. The molecule has 1 atom stereocenters. The summed E-state index contributed by atoms with van der Waals surface area (Å²) in [6, 6.07) is 7.54. The van der Waals surface area contributed by atoms with E-state index >= 15 is 0 Å². The van der Waals surface area contributed by atoms with Gasteiger partial charge in [0.1, 0.15) is 0 Å². The van der Waals surface area contributed by atoms with E-state index in [1.54, 1.807) is 0 Å². The number of rotatable bonds is 9. The molecule has 1 unspecified atom stereocenters. The van der Waals surface area contributed by atoms with Crippen LogP contribution in [0.1, 0.15) is 37.2 Å². The summed E-state index contributed by atoms with van der Waals surface area (Å²) in [5.74, 6) is -0.489. The van der Waals surface area contributed by atoms with Crippen molar-refractivity contribution in [2.24, 2.45) is 10.9 Å². The van der Waals surface area contributed by atoms with Crippen LogP contribution in [0, 0.1) is 5.92 Å². The fourth-order valence-electron chi connectivity index (χ4n) is 3.95. The Bertz CT molecular complexity index is 837. The highest BCUT2D eigenvalue weighted by molar-refractivity contribution is 6.30. The standard InChI is InChI=1S/C22H30ClN5O4/c23-18-3-1-15(2-4-18)17(14-27-22-25-9-10-26-22)13-19(29)28-11-6-16(7-12-28)21(32)24-8-5-20(30)31/h1-4,16-17H,5-14H2,(H,24,32)(H,30,31)(H2,25,26,27). The summed E-state index contributed by atoms with van der Waals surface area (Å²) in [4.78, 5) is 42.0. The van der Waals surface area contributed by atoms with Gasteiger partial charge in [-0.15, -0.1) is 0 Å². The smallest absolute Gasteiger partial charge is 0.305 e. The Morgan fingerprint density at radius 3 is 2.56 bits per heavy atom. The molecule has 2 aliphatic rings. The summed E-state index contributed by atoms with van der Waals surface area (Å²) in [6.07, 6.45) is 1.41. The summed E-state index contributed by atoms with van der Waals surface area (Å²) in [5, 5.41) is 18.5. The normalized spacial score (nSPS) is 17.3. The second kappa shape index (κ2) is 11.7. The van der Waals surface area contributed by atoms with Crippen molar-refractivity contribution in [3.8, 4) is 0 Å². The van der Waals surface area contributed by atoms with Crippen LogP contribution in [-0.4, -0.2) is 73.0 Å². The number of hydrogen-bond acceptors (Lipinski definition) is 6. The molecule has 2 heterocycles. The zero-order valence-corrected chi connectivity index (χ0v) is 18.7. The summed E-state index contributed by atoms with van der Waals surface area (Å²) in [7, 11) is 0. The largest absolute Gasteiger partial charge is 0.481 e. The van der Waals surface area contributed by atoms with E-state index in [-0.39, 0.29) is 36.6 Å². The molecule has 1 aromatic carbocycles. The molecule has 0 aromatic heterocycles. The van der Waals surface area contributed by atoms with Crippen LogP contribution in [0.2, 0.25) is 5.02 Å². The molecular weight excluding hydrogens is 434 g/mol. The molecule has 0 bridgehead atoms. The van der Waals surface area contributed by atoms with E-state index in [0.29, 0.717) is 43.9 Å². The van der Waals surface area contributed by atoms with E-state index < -0.39 is 5.97 Å². The number of nitrogens with zero attached hydrogens (tertiary/aromatic N) is 2. The van der Waals surface area contributed by atoms with Gasteiger partial charge in [-0.05, 0) is 30.5 Å². The second-order valence-corrected chi connectivity index (χ2v) is 8.52. The average molecular weight is 464 g/mol. The van der Waals surface area contributed by atoms with Gasteiger partial charge in [0.25, 0.3) is 0 Å². The first-order valence-corrected chi connectivity index (χ1v) is 11.3. The fourth-order valence-corrected chi connectivity index (χ4v) is 4.07. The van der Waals surface area contributed by atoms with Crippen molar-refractivity contribution >= 4 is 35.3 Å². The second-order valence-electron chi connectivity index (χ2n) is 8.08. The Morgan fingerprint density at radius 2 is 1.94 bits per heavy atom. The highest BCUT2D eigenvalue weighted by atomic mass is 35.5. The molecule has 4 N–H and O–H groups in total. The zero-order valence-electron chi connectivity index (χ0n) is 18.0. The quantitative estimate of drug-likeness (QED) is 0.436. The molecule has 1 fully saturated rings. The Hall–Kier alpha value is -2.81. The van der Waals surface area contributed by atoms with Gasteiger partial charge in [-0.1, -0.05) is 23.7 Å². The number of carbonyl (C=O) groups excluding carboxylic acids is 2. The maximum Gasteiger partial charge on any atom is 0.305 e. The third-order valence-corrected chi connectivity index (χ3v) is 6.06. The minimum Gasteiger partial charge on any atom is -0.481 e. The lowest BCUT2D eigenvalue weighted by molar-refractivity contribution is -0.138. The first-order chi connectivity index (χ1) is 15.4. The van der Waals surface area contributed by atoms with E-state index in [2.05, 4.69) is 20.9 Å². The number of benzene rings is 1. The van der Waals surface area contributed by atoms with Crippen molar-refractivity contribution in [2.45, 2.75) is 31.6 Å². The van der Waals surface area contributed by atoms with Crippen LogP contribution >= 0.6 is 11.6 Å². The van der Waals surface area contributed by atoms with Crippen molar-refractivity contribution in [2.75, 3.05) is 39.3 Å². The number of amides is 2. The molecule has 32 heavy (non-hydrogen) atoms. The van der Waals surface area contributed by atoms with Gasteiger partial charge in [0.15, 0.2) is 5.96 Å². The summed E-state index contributed by atoms with van der Waals surface area (Å²) < 4.78 is 0.